The van der Waals surface area contributed by atoms with Crippen LogP contribution in [0.5, 0.6) is 0 Å². The smallest absolute Gasteiger partial charge is 0.245 e. The molecule has 154 valence electrons. The van der Waals surface area contributed by atoms with Crippen molar-refractivity contribution in [3.8, 4) is 0 Å². The van der Waals surface area contributed by atoms with Gasteiger partial charge in [0.25, 0.3) is 0 Å². The summed E-state index contributed by atoms with van der Waals surface area (Å²) < 4.78 is 28.6. The molecule has 3 aromatic rings. The SMILES string of the molecule is O=S1(=O)N(Cc2ccccc2)c2ccccc2C12CCN(Cc1ccccn1)CC2. The number of anilines is 1. The van der Waals surface area contributed by atoms with E-state index in [1.807, 2.05) is 72.8 Å². The average molecular weight is 420 g/mol. The van der Waals surface area contributed by atoms with Crippen molar-refractivity contribution in [2.75, 3.05) is 17.4 Å². The molecule has 3 heterocycles. The Labute approximate surface area is 178 Å². The molecule has 2 aliphatic heterocycles. The monoisotopic (exact) mass is 419 g/mol. The van der Waals surface area contributed by atoms with Crippen molar-refractivity contribution in [3.05, 3.63) is 95.8 Å². The second-order valence-corrected chi connectivity index (χ2v) is 10.3. The summed E-state index contributed by atoms with van der Waals surface area (Å²) in [5.41, 5.74) is 3.81. The molecule has 2 aliphatic rings. The van der Waals surface area contributed by atoms with Crippen LogP contribution in [0.4, 0.5) is 5.69 Å². The highest BCUT2D eigenvalue weighted by Crippen LogP contribution is 2.53. The molecule has 2 aromatic carbocycles. The number of nitrogens with zero attached hydrogens (tertiary/aromatic N) is 3. The van der Waals surface area contributed by atoms with Gasteiger partial charge in [-0.05, 0) is 42.2 Å². The number of piperidine rings is 1. The van der Waals surface area contributed by atoms with Gasteiger partial charge in [-0.3, -0.25) is 14.2 Å². The minimum absolute atomic E-state index is 0.375. The third kappa shape index (κ3) is 3.11. The molecule has 0 N–H and O–H groups in total. The average Bonchev–Trinajstić information content (AvgIpc) is 2.96. The topological polar surface area (TPSA) is 53.5 Å². The summed E-state index contributed by atoms with van der Waals surface area (Å²) in [4.78, 5) is 6.73. The Morgan fingerprint density at radius 1 is 0.833 bits per heavy atom. The van der Waals surface area contributed by atoms with Gasteiger partial charge in [0.05, 0.1) is 17.9 Å². The molecule has 0 aliphatic carbocycles. The summed E-state index contributed by atoms with van der Waals surface area (Å²) in [5.74, 6) is 0. The van der Waals surface area contributed by atoms with E-state index in [4.69, 9.17) is 0 Å². The molecule has 0 saturated carbocycles. The third-order valence-corrected chi connectivity index (χ3v) is 8.91. The number of hydrogen-bond donors (Lipinski definition) is 0. The normalized spacial score (nSPS) is 19.7. The summed E-state index contributed by atoms with van der Waals surface area (Å²) in [6.07, 6.45) is 3.01. The van der Waals surface area contributed by atoms with Crippen LogP contribution in [-0.2, 0) is 27.9 Å². The maximum Gasteiger partial charge on any atom is 0.245 e. The lowest BCUT2D eigenvalue weighted by Crippen LogP contribution is -2.48. The Morgan fingerprint density at radius 2 is 1.53 bits per heavy atom. The van der Waals surface area contributed by atoms with Crippen LogP contribution in [0.3, 0.4) is 0 Å². The summed E-state index contributed by atoms with van der Waals surface area (Å²) in [6.45, 7) is 2.61. The van der Waals surface area contributed by atoms with Crippen LogP contribution in [0.25, 0.3) is 0 Å². The first-order valence-corrected chi connectivity index (χ1v) is 11.8. The fraction of sp³-hybridized carbons (Fsp3) is 0.292. The zero-order valence-corrected chi connectivity index (χ0v) is 17.6. The summed E-state index contributed by atoms with van der Waals surface area (Å²) >= 11 is 0. The Balaban J connectivity index is 1.44. The number of para-hydroxylation sites is 1. The number of fused-ring (bicyclic) bond motifs is 2. The number of sulfonamides is 1. The highest BCUT2D eigenvalue weighted by atomic mass is 32.2. The number of likely N-dealkylation sites (tertiary alicyclic amines) is 1. The van der Waals surface area contributed by atoms with Crippen LogP contribution in [0.2, 0.25) is 0 Å². The van der Waals surface area contributed by atoms with Gasteiger partial charge in [0.15, 0.2) is 0 Å². The van der Waals surface area contributed by atoms with Crippen molar-refractivity contribution >= 4 is 15.7 Å². The number of benzene rings is 2. The van der Waals surface area contributed by atoms with Crippen LogP contribution in [0, 0.1) is 0 Å². The second-order valence-electron chi connectivity index (χ2n) is 8.11. The Kier molecular flexibility index (Phi) is 4.83. The largest absolute Gasteiger partial charge is 0.297 e. The molecule has 0 radical (unpaired) electrons. The van der Waals surface area contributed by atoms with Gasteiger partial charge in [0.1, 0.15) is 4.75 Å². The molecule has 0 unspecified atom stereocenters. The molecule has 30 heavy (non-hydrogen) atoms. The molecule has 0 bridgehead atoms. The predicted molar refractivity (Wildman–Crippen MR) is 118 cm³/mol. The number of aromatic nitrogens is 1. The van der Waals surface area contributed by atoms with E-state index in [9.17, 15) is 8.42 Å². The van der Waals surface area contributed by atoms with Crippen LogP contribution in [0.1, 0.15) is 29.7 Å². The molecule has 1 aromatic heterocycles. The molecular formula is C24H25N3O2S. The van der Waals surface area contributed by atoms with E-state index in [-0.39, 0.29) is 0 Å². The Hall–Kier alpha value is -2.70. The first-order chi connectivity index (χ1) is 14.6. The zero-order valence-electron chi connectivity index (χ0n) is 16.8. The third-order valence-electron chi connectivity index (χ3n) is 6.39. The molecule has 5 nitrogen and oxygen atoms in total. The van der Waals surface area contributed by atoms with Gasteiger partial charge in [0.2, 0.25) is 10.0 Å². The molecule has 1 saturated heterocycles. The van der Waals surface area contributed by atoms with Crippen molar-refractivity contribution in [2.45, 2.75) is 30.7 Å². The molecule has 1 fully saturated rings. The predicted octanol–water partition coefficient (Wildman–Crippen LogP) is 3.92. The number of pyridine rings is 1. The maximum atomic E-state index is 13.9. The first kappa shape index (κ1) is 19.3. The Morgan fingerprint density at radius 3 is 2.27 bits per heavy atom. The summed E-state index contributed by atoms with van der Waals surface area (Å²) in [5, 5.41) is 0. The van der Waals surface area contributed by atoms with E-state index < -0.39 is 14.8 Å². The molecule has 6 heteroatoms. The highest BCUT2D eigenvalue weighted by Gasteiger charge is 2.56. The van der Waals surface area contributed by atoms with Gasteiger partial charge in [0, 0.05) is 25.8 Å². The highest BCUT2D eigenvalue weighted by molar-refractivity contribution is 7.94. The van der Waals surface area contributed by atoms with Crippen molar-refractivity contribution in [2.24, 2.45) is 0 Å². The van der Waals surface area contributed by atoms with Crippen LogP contribution < -0.4 is 4.31 Å². The maximum absolute atomic E-state index is 13.9. The van der Waals surface area contributed by atoms with Crippen LogP contribution in [-0.4, -0.2) is 31.4 Å². The molecule has 1 spiro atoms. The van der Waals surface area contributed by atoms with E-state index in [0.717, 1.165) is 42.1 Å². The second kappa shape index (κ2) is 7.52. The summed E-state index contributed by atoms with van der Waals surface area (Å²) in [7, 11) is -3.51. The van der Waals surface area contributed by atoms with Gasteiger partial charge in [-0.15, -0.1) is 0 Å². The Bertz CT molecular complexity index is 1130. The first-order valence-electron chi connectivity index (χ1n) is 10.4. The van der Waals surface area contributed by atoms with Gasteiger partial charge in [-0.1, -0.05) is 54.6 Å². The summed E-state index contributed by atoms with van der Waals surface area (Å²) in [6, 6.07) is 23.6. The standard InChI is InChI=1S/C24H25N3O2S/c28-30(29)24(13-16-26(17-14-24)19-21-10-6-7-15-25-21)22-11-4-5-12-23(22)27(30)18-20-8-2-1-3-9-20/h1-12,15H,13-14,16-19H2. The number of hydrogen-bond acceptors (Lipinski definition) is 4. The molecule has 0 atom stereocenters. The van der Waals surface area contributed by atoms with Crippen molar-refractivity contribution in [1.29, 1.82) is 0 Å². The van der Waals surface area contributed by atoms with Crippen molar-refractivity contribution < 1.29 is 8.42 Å². The van der Waals surface area contributed by atoms with Crippen LogP contribution >= 0.6 is 0 Å². The zero-order chi connectivity index (χ0) is 20.6. The molecule has 0 amide bonds. The quantitative estimate of drug-likeness (QED) is 0.643. The van der Waals surface area contributed by atoms with Gasteiger partial charge in [-0.25, -0.2) is 8.42 Å². The lowest BCUT2D eigenvalue weighted by molar-refractivity contribution is 0.187. The lowest BCUT2D eigenvalue weighted by Gasteiger charge is -2.39. The molecular weight excluding hydrogens is 394 g/mol. The van der Waals surface area contributed by atoms with E-state index in [0.29, 0.717) is 19.4 Å². The molecule has 5 rings (SSSR count). The number of rotatable bonds is 4. The van der Waals surface area contributed by atoms with Gasteiger partial charge >= 0.3 is 0 Å². The van der Waals surface area contributed by atoms with E-state index in [2.05, 4.69) is 9.88 Å². The minimum atomic E-state index is -3.51. The fourth-order valence-electron chi connectivity index (χ4n) is 4.80. The van der Waals surface area contributed by atoms with E-state index in [1.165, 1.54) is 0 Å². The van der Waals surface area contributed by atoms with Crippen molar-refractivity contribution in [3.63, 3.8) is 0 Å². The minimum Gasteiger partial charge on any atom is -0.297 e. The van der Waals surface area contributed by atoms with Gasteiger partial charge < -0.3 is 0 Å². The fourth-order valence-corrected chi connectivity index (χ4v) is 7.10. The lowest BCUT2D eigenvalue weighted by atomic mass is 9.87. The van der Waals surface area contributed by atoms with E-state index >= 15 is 0 Å². The van der Waals surface area contributed by atoms with Crippen molar-refractivity contribution in [1.82, 2.24) is 9.88 Å². The van der Waals surface area contributed by atoms with Crippen LogP contribution in [0.15, 0.2) is 79.0 Å². The van der Waals surface area contributed by atoms with Gasteiger partial charge in [-0.2, -0.15) is 0 Å². The van der Waals surface area contributed by atoms with E-state index in [1.54, 1.807) is 10.5 Å².